The van der Waals surface area contributed by atoms with E-state index in [1.165, 1.54) is 4.90 Å². The first-order valence-electron chi connectivity index (χ1n) is 12.5. The molecule has 2 fully saturated rings. The number of nitrogens with one attached hydrogen (secondary N) is 1. The fourth-order valence-corrected chi connectivity index (χ4v) is 5.29. The van der Waals surface area contributed by atoms with Crippen LogP contribution in [0, 0.1) is 5.41 Å². The van der Waals surface area contributed by atoms with Crippen LogP contribution in [-0.2, 0) is 16.1 Å². The zero-order chi connectivity index (χ0) is 25.6. The Hall–Kier alpha value is -2.91. The summed E-state index contributed by atoms with van der Waals surface area (Å²) in [6.07, 6.45) is 5.48. The van der Waals surface area contributed by atoms with Crippen LogP contribution in [0.2, 0.25) is 5.02 Å². The normalized spacial score (nSPS) is 21.2. The number of rotatable bonds is 7. The lowest BCUT2D eigenvalue weighted by Crippen LogP contribution is -2.50. The lowest BCUT2D eigenvalue weighted by Gasteiger charge is -2.34. The molecule has 3 heterocycles. The molecule has 10 heteroatoms. The standard InChI is InChI=1S/C26H33ClN6O3/c1-26(2,3)23(33-15-20(29-30-33)16-4-5-16)25(36)32-14-19(34)13-22(32)24(35)28-9-11-31-10-8-17-12-18(27)6-7-21(17)31/h6-8,10,12,15-16,19,22-23,34H,4-5,9,11,13-14H2,1-3H3,(H,28,35)/t19-,22+,23-/m1/s1. The highest BCUT2D eigenvalue weighted by atomic mass is 35.5. The largest absolute Gasteiger partial charge is 0.391 e. The van der Waals surface area contributed by atoms with Crippen LogP contribution in [0.25, 0.3) is 10.9 Å². The number of halogens is 1. The molecule has 36 heavy (non-hydrogen) atoms. The number of nitrogens with zero attached hydrogens (tertiary/aromatic N) is 5. The van der Waals surface area contributed by atoms with Gasteiger partial charge in [-0.25, -0.2) is 4.68 Å². The summed E-state index contributed by atoms with van der Waals surface area (Å²) >= 11 is 6.08. The molecule has 2 aliphatic rings. The van der Waals surface area contributed by atoms with E-state index in [0.717, 1.165) is 29.4 Å². The van der Waals surface area contributed by atoms with Gasteiger partial charge in [0.2, 0.25) is 11.8 Å². The van der Waals surface area contributed by atoms with E-state index in [9.17, 15) is 14.7 Å². The third kappa shape index (κ3) is 4.99. The Bertz CT molecular complexity index is 1270. The average molecular weight is 513 g/mol. The molecule has 3 aromatic rings. The Morgan fingerprint density at radius 1 is 1.25 bits per heavy atom. The Morgan fingerprint density at radius 3 is 2.75 bits per heavy atom. The predicted molar refractivity (Wildman–Crippen MR) is 137 cm³/mol. The molecule has 192 valence electrons. The summed E-state index contributed by atoms with van der Waals surface area (Å²) in [5, 5.41) is 23.6. The summed E-state index contributed by atoms with van der Waals surface area (Å²) in [6, 6.07) is 6.33. The lowest BCUT2D eigenvalue weighted by molar-refractivity contribution is -0.144. The van der Waals surface area contributed by atoms with Crippen LogP contribution in [0.15, 0.2) is 36.7 Å². The number of β-amino-alcohol motifs (C(OH)–C–C–N with tert-alkyl or cyclic N) is 1. The third-order valence-corrected chi connectivity index (χ3v) is 7.33. The number of carbonyl (C=O) groups is 2. The van der Waals surface area contributed by atoms with Crippen molar-refractivity contribution >= 4 is 34.3 Å². The van der Waals surface area contributed by atoms with Gasteiger partial charge in [0.05, 0.1) is 11.8 Å². The van der Waals surface area contributed by atoms with Crippen molar-refractivity contribution in [2.45, 2.75) is 70.7 Å². The van der Waals surface area contributed by atoms with Gasteiger partial charge in [-0.3, -0.25) is 9.59 Å². The van der Waals surface area contributed by atoms with E-state index < -0.39 is 23.6 Å². The molecule has 1 saturated heterocycles. The molecule has 0 bridgehead atoms. The highest BCUT2D eigenvalue weighted by molar-refractivity contribution is 6.31. The molecule has 1 aliphatic carbocycles. The van der Waals surface area contributed by atoms with Crippen molar-refractivity contribution in [1.82, 2.24) is 29.8 Å². The van der Waals surface area contributed by atoms with Crippen LogP contribution in [0.3, 0.4) is 0 Å². The Balaban J connectivity index is 1.27. The zero-order valence-corrected chi connectivity index (χ0v) is 21.6. The van der Waals surface area contributed by atoms with E-state index in [0.29, 0.717) is 24.0 Å². The van der Waals surface area contributed by atoms with Crippen molar-refractivity contribution in [1.29, 1.82) is 0 Å². The van der Waals surface area contributed by atoms with Gasteiger partial charge in [-0.1, -0.05) is 37.6 Å². The molecular formula is C26H33ClN6O3. The molecule has 2 amide bonds. The minimum atomic E-state index is -0.749. The molecule has 1 saturated carbocycles. The molecular weight excluding hydrogens is 480 g/mol. The second kappa shape index (κ2) is 9.52. The summed E-state index contributed by atoms with van der Waals surface area (Å²) in [6.45, 7) is 7.03. The number of likely N-dealkylation sites (tertiary alicyclic amines) is 1. The third-order valence-electron chi connectivity index (χ3n) is 7.09. The molecule has 3 atom stereocenters. The zero-order valence-electron chi connectivity index (χ0n) is 20.9. The van der Waals surface area contributed by atoms with E-state index in [1.54, 1.807) is 4.68 Å². The van der Waals surface area contributed by atoms with E-state index >= 15 is 0 Å². The number of aromatic nitrogens is 4. The number of aliphatic hydroxyl groups is 1. The highest BCUT2D eigenvalue weighted by Crippen LogP contribution is 2.40. The van der Waals surface area contributed by atoms with Crippen molar-refractivity contribution < 1.29 is 14.7 Å². The SMILES string of the molecule is CC(C)(C)[C@@H](C(=O)N1C[C@H](O)C[C@H]1C(=O)NCCn1ccc2cc(Cl)ccc21)n1cc(C2CC2)nn1. The van der Waals surface area contributed by atoms with Gasteiger partial charge >= 0.3 is 0 Å². The van der Waals surface area contributed by atoms with Gasteiger partial charge in [-0.15, -0.1) is 5.10 Å². The van der Waals surface area contributed by atoms with Crippen molar-refractivity contribution in [2.24, 2.45) is 5.41 Å². The Labute approximate surface area is 215 Å². The molecule has 0 spiro atoms. The number of aliphatic hydroxyl groups excluding tert-OH is 1. The number of fused-ring (bicyclic) bond motifs is 1. The summed E-state index contributed by atoms with van der Waals surface area (Å²) < 4.78 is 3.69. The Kier molecular flexibility index (Phi) is 6.55. The number of amides is 2. The Morgan fingerprint density at radius 2 is 2.03 bits per heavy atom. The van der Waals surface area contributed by atoms with Crippen LogP contribution in [0.4, 0.5) is 0 Å². The van der Waals surface area contributed by atoms with E-state index in [2.05, 4.69) is 20.2 Å². The fraction of sp³-hybridized carbons (Fsp3) is 0.538. The summed E-state index contributed by atoms with van der Waals surface area (Å²) in [5.41, 5.74) is 1.49. The quantitative estimate of drug-likeness (QED) is 0.506. The van der Waals surface area contributed by atoms with E-state index in [4.69, 9.17) is 11.6 Å². The van der Waals surface area contributed by atoms with E-state index in [-0.39, 0.29) is 24.8 Å². The van der Waals surface area contributed by atoms with Crippen LogP contribution in [-0.4, -0.2) is 66.6 Å². The van der Waals surface area contributed by atoms with Gasteiger partial charge in [0, 0.05) is 60.3 Å². The minimum absolute atomic E-state index is 0.122. The first-order chi connectivity index (χ1) is 17.1. The summed E-state index contributed by atoms with van der Waals surface area (Å²) in [5.74, 6) is -0.0555. The second-order valence-corrected chi connectivity index (χ2v) is 11.5. The van der Waals surface area contributed by atoms with E-state index in [1.807, 2.05) is 57.4 Å². The molecule has 1 aliphatic heterocycles. The molecule has 2 N–H and O–H groups in total. The predicted octanol–water partition coefficient (Wildman–Crippen LogP) is 3.13. The average Bonchev–Trinajstić information content (AvgIpc) is 3.21. The van der Waals surface area contributed by atoms with Gasteiger partial charge in [0.15, 0.2) is 0 Å². The van der Waals surface area contributed by atoms with Crippen molar-refractivity contribution in [3.63, 3.8) is 0 Å². The monoisotopic (exact) mass is 512 g/mol. The van der Waals surface area contributed by atoms with Crippen molar-refractivity contribution in [3.05, 3.63) is 47.4 Å². The maximum Gasteiger partial charge on any atom is 0.248 e. The van der Waals surface area contributed by atoms with Crippen LogP contribution in [0.5, 0.6) is 0 Å². The van der Waals surface area contributed by atoms with Crippen LogP contribution in [0.1, 0.15) is 57.7 Å². The first kappa shape index (κ1) is 24.8. The van der Waals surface area contributed by atoms with Gasteiger partial charge < -0.3 is 19.9 Å². The topological polar surface area (TPSA) is 105 Å². The molecule has 5 rings (SSSR count). The molecule has 0 radical (unpaired) electrons. The minimum Gasteiger partial charge on any atom is -0.391 e. The molecule has 9 nitrogen and oxygen atoms in total. The maximum absolute atomic E-state index is 13.8. The summed E-state index contributed by atoms with van der Waals surface area (Å²) in [7, 11) is 0. The summed E-state index contributed by atoms with van der Waals surface area (Å²) in [4.78, 5) is 28.5. The number of hydrogen-bond acceptors (Lipinski definition) is 5. The molecule has 1 aromatic carbocycles. The number of hydrogen-bond donors (Lipinski definition) is 2. The van der Waals surface area contributed by atoms with Crippen LogP contribution >= 0.6 is 11.6 Å². The van der Waals surface area contributed by atoms with Crippen LogP contribution < -0.4 is 5.32 Å². The fourth-order valence-electron chi connectivity index (χ4n) is 5.11. The van der Waals surface area contributed by atoms with Gasteiger partial charge in [0.1, 0.15) is 12.1 Å². The van der Waals surface area contributed by atoms with Gasteiger partial charge in [-0.05, 0) is 42.5 Å². The molecule has 0 unspecified atom stereocenters. The smallest absolute Gasteiger partial charge is 0.248 e. The van der Waals surface area contributed by atoms with Crippen molar-refractivity contribution in [2.75, 3.05) is 13.1 Å². The lowest BCUT2D eigenvalue weighted by atomic mass is 9.85. The number of carbonyl (C=O) groups excluding carboxylic acids is 2. The van der Waals surface area contributed by atoms with Crippen molar-refractivity contribution in [3.8, 4) is 0 Å². The first-order valence-corrected chi connectivity index (χ1v) is 12.9. The second-order valence-electron chi connectivity index (χ2n) is 11.1. The van der Waals surface area contributed by atoms with Gasteiger partial charge in [-0.2, -0.15) is 0 Å². The number of benzene rings is 1. The van der Waals surface area contributed by atoms with Gasteiger partial charge in [0.25, 0.3) is 0 Å². The maximum atomic E-state index is 13.8. The highest BCUT2D eigenvalue weighted by Gasteiger charge is 2.45. The molecule has 2 aromatic heterocycles.